The lowest BCUT2D eigenvalue weighted by Gasteiger charge is -2.20. The van der Waals surface area contributed by atoms with Crippen molar-refractivity contribution in [3.63, 3.8) is 0 Å². The fraction of sp³-hybridized carbons (Fsp3) is 0.250. The average molecular weight is 483 g/mol. The summed E-state index contributed by atoms with van der Waals surface area (Å²) in [5.74, 6) is -0.864. The summed E-state index contributed by atoms with van der Waals surface area (Å²) in [6.45, 7) is 3.62. The van der Waals surface area contributed by atoms with Crippen LogP contribution in [0.15, 0.2) is 46.0 Å². The molecule has 2 rings (SSSR count). The highest BCUT2D eigenvalue weighted by Gasteiger charge is 2.25. The molecule has 0 aromatic heterocycles. The van der Waals surface area contributed by atoms with Gasteiger partial charge >= 0.3 is 0 Å². The maximum atomic E-state index is 12.5. The van der Waals surface area contributed by atoms with E-state index in [4.69, 9.17) is 16.3 Å². The number of methoxy groups -OCH3 is 1. The number of hydrazone groups is 1. The molecule has 0 bridgehead atoms. The third-order valence-electron chi connectivity index (χ3n) is 4.01. The van der Waals surface area contributed by atoms with Crippen LogP contribution in [0.1, 0.15) is 29.8 Å². The van der Waals surface area contributed by atoms with Gasteiger partial charge in [-0.2, -0.15) is 5.10 Å². The molecular weight excluding hydrogens is 462 g/mol. The topological polar surface area (TPSA) is 100 Å². The van der Waals surface area contributed by atoms with E-state index in [-0.39, 0.29) is 23.0 Å². The van der Waals surface area contributed by atoms with Crippen molar-refractivity contribution < 1.29 is 19.4 Å². The molecular formula is C20H21BrClN3O4. The van der Waals surface area contributed by atoms with Gasteiger partial charge in [0.1, 0.15) is 6.04 Å². The van der Waals surface area contributed by atoms with Crippen molar-refractivity contribution in [2.24, 2.45) is 11.0 Å². The van der Waals surface area contributed by atoms with Gasteiger partial charge < -0.3 is 15.2 Å². The molecule has 29 heavy (non-hydrogen) atoms. The second-order valence-electron chi connectivity index (χ2n) is 6.46. The van der Waals surface area contributed by atoms with E-state index in [0.717, 1.165) is 0 Å². The summed E-state index contributed by atoms with van der Waals surface area (Å²) in [6.07, 6.45) is 1.40. The van der Waals surface area contributed by atoms with Crippen LogP contribution in [-0.2, 0) is 4.79 Å². The lowest BCUT2D eigenvalue weighted by molar-refractivity contribution is -0.123. The molecule has 3 N–H and O–H groups in total. The second kappa shape index (κ2) is 10.3. The van der Waals surface area contributed by atoms with E-state index in [0.29, 0.717) is 15.1 Å². The number of phenolic OH excluding ortho intramolecular Hbond substituents is 1. The van der Waals surface area contributed by atoms with Gasteiger partial charge in [0.2, 0.25) is 0 Å². The largest absolute Gasteiger partial charge is 0.503 e. The van der Waals surface area contributed by atoms with Crippen LogP contribution in [0.3, 0.4) is 0 Å². The molecule has 154 valence electrons. The summed E-state index contributed by atoms with van der Waals surface area (Å²) in [5, 5.41) is 16.8. The van der Waals surface area contributed by atoms with Crippen LogP contribution in [0.5, 0.6) is 11.5 Å². The van der Waals surface area contributed by atoms with Gasteiger partial charge in [0.25, 0.3) is 11.8 Å². The zero-order valence-corrected chi connectivity index (χ0v) is 18.4. The van der Waals surface area contributed by atoms with Gasteiger partial charge in [0.15, 0.2) is 11.5 Å². The predicted molar refractivity (Wildman–Crippen MR) is 116 cm³/mol. The van der Waals surface area contributed by atoms with E-state index in [2.05, 4.69) is 31.8 Å². The number of hydrogen-bond acceptors (Lipinski definition) is 5. The molecule has 0 spiro atoms. The number of amides is 2. The van der Waals surface area contributed by atoms with Crippen molar-refractivity contribution in [2.75, 3.05) is 7.11 Å². The number of nitrogens with zero attached hydrogens (tertiary/aromatic N) is 1. The van der Waals surface area contributed by atoms with Crippen LogP contribution < -0.4 is 15.5 Å². The highest BCUT2D eigenvalue weighted by Crippen LogP contribution is 2.34. The van der Waals surface area contributed by atoms with E-state index >= 15 is 0 Å². The smallest absolute Gasteiger partial charge is 0.262 e. The molecule has 2 aromatic rings. The standard InChI is InChI=1S/C20H21BrClN3O4/c1-11(2)17(24-19(27)13-6-4-5-7-15(13)22)20(28)25-23-10-12-8-14(21)18(26)16(9-12)29-3/h4-11,17,26H,1-3H3,(H,24,27)(H,25,28). The first kappa shape index (κ1) is 22.7. The normalized spacial score (nSPS) is 12.1. The van der Waals surface area contributed by atoms with Crippen molar-refractivity contribution in [3.8, 4) is 11.5 Å². The van der Waals surface area contributed by atoms with E-state index in [1.54, 1.807) is 36.4 Å². The third-order valence-corrected chi connectivity index (χ3v) is 4.95. The van der Waals surface area contributed by atoms with E-state index < -0.39 is 17.9 Å². The Balaban J connectivity index is 2.08. The molecule has 2 aromatic carbocycles. The SMILES string of the molecule is COc1cc(C=NNC(=O)C(NC(=O)c2ccccc2Cl)C(C)C)cc(Br)c1O. The first-order chi connectivity index (χ1) is 13.7. The monoisotopic (exact) mass is 481 g/mol. The van der Waals surface area contributed by atoms with Gasteiger partial charge in [-0.25, -0.2) is 5.43 Å². The molecule has 0 aliphatic carbocycles. The molecule has 0 fully saturated rings. The minimum absolute atomic E-state index is 0.0316. The lowest BCUT2D eigenvalue weighted by Crippen LogP contribution is -2.48. The lowest BCUT2D eigenvalue weighted by atomic mass is 10.0. The minimum atomic E-state index is -0.808. The molecule has 0 saturated carbocycles. The summed E-state index contributed by atoms with van der Waals surface area (Å²) in [5.41, 5.74) is 3.30. The summed E-state index contributed by atoms with van der Waals surface area (Å²) < 4.78 is 5.50. The Morgan fingerprint density at radius 2 is 1.97 bits per heavy atom. The number of benzene rings is 2. The maximum Gasteiger partial charge on any atom is 0.262 e. The molecule has 7 nitrogen and oxygen atoms in total. The van der Waals surface area contributed by atoms with Crippen LogP contribution in [0.4, 0.5) is 0 Å². The van der Waals surface area contributed by atoms with Crippen molar-refractivity contribution in [1.29, 1.82) is 0 Å². The molecule has 1 unspecified atom stereocenters. The summed E-state index contributed by atoms with van der Waals surface area (Å²) in [4.78, 5) is 25.0. The number of carbonyl (C=O) groups is 2. The highest BCUT2D eigenvalue weighted by molar-refractivity contribution is 9.10. The molecule has 0 aliphatic heterocycles. The first-order valence-corrected chi connectivity index (χ1v) is 9.86. The van der Waals surface area contributed by atoms with Gasteiger partial charge in [-0.3, -0.25) is 9.59 Å². The Hall–Kier alpha value is -2.58. The van der Waals surface area contributed by atoms with Crippen LogP contribution in [0.2, 0.25) is 5.02 Å². The van der Waals surface area contributed by atoms with Gasteiger partial charge in [-0.05, 0) is 51.7 Å². The van der Waals surface area contributed by atoms with Crippen molar-refractivity contribution >= 4 is 45.6 Å². The Morgan fingerprint density at radius 3 is 2.59 bits per heavy atom. The first-order valence-electron chi connectivity index (χ1n) is 8.69. The number of rotatable bonds is 7. The molecule has 0 saturated heterocycles. The number of nitrogens with one attached hydrogen (secondary N) is 2. The number of hydrogen-bond donors (Lipinski definition) is 3. The maximum absolute atomic E-state index is 12.5. The Kier molecular flexibility index (Phi) is 8.04. The van der Waals surface area contributed by atoms with Crippen molar-refractivity contribution in [3.05, 3.63) is 57.0 Å². The fourth-order valence-corrected chi connectivity index (χ4v) is 3.14. The number of halogens is 2. The summed E-state index contributed by atoms with van der Waals surface area (Å²) >= 11 is 9.26. The van der Waals surface area contributed by atoms with Crippen molar-refractivity contribution in [1.82, 2.24) is 10.7 Å². The zero-order valence-electron chi connectivity index (χ0n) is 16.1. The molecule has 1 atom stereocenters. The van der Waals surface area contributed by atoms with Gasteiger partial charge in [-0.1, -0.05) is 37.6 Å². The van der Waals surface area contributed by atoms with E-state index in [1.165, 1.54) is 13.3 Å². The van der Waals surface area contributed by atoms with Gasteiger partial charge in [0.05, 0.1) is 28.4 Å². The Morgan fingerprint density at radius 1 is 1.28 bits per heavy atom. The Bertz CT molecular complexity index is 934. The van der Waals surface area contributed by atoms with Crippen LogP contribution >= 0.6 is 27.5 Å². The van der Waals surface area contributed by atoms with Gasteiger partial charge in [-0.15, -0.1) is 0 Å². The number of carbonyl (C=O) groups excluding carboxylic acids is 2. The molecule has 9 heteroatoms. The van der Waals surface area contributed by atoms with Crippen LogP contribution in [0.25, 0.3) is 0 Å². The average Bonchev–Trinajstić information content (AvgIpc) is 2.68. The number of ether oxygens (including phenoxy) is 1. The Labute approximate surface area is 182 Å². The highest BCUT2D eigenvalue weighted by atomic mass is 79.9. The molecule has 2 amide bonds. The fourth-order valence-electron chi connectivity index (χ4n) is 2.46. The molecule has 0 heterocycles. The quantitative estimate of drug-likeness (QED) is 0.414. The minimum Gasteiger partial charge on any atom is -0.503 e. The molecule has 0 radical (unpaired) electrons. The van der Waals surface area contributed by atoms with E-state index in [1.807, 2.05) is 13.8 Å². The van der Waals surface area contributed by atoms with Crippen LogP contribution in [0, 0.1) is 5.92 Å². The summed E-state index contributed by atoms with van der Waals surface area (Å²) in [6, 6.07) is 8.98. The zero-order chi connectivity index (χ0) is 21.6. The molecule has 0 aliphatic rings. The van der Waals surface area contributed by atoms with E-state index in [9.17, 15) is 14.7 Å². The third kappa shape index (κ3) is 5.95. The van der Waals surface area contributed by atoms with Crippen LogP contribution in [-0.4, -0.2) is 36.3 Å². The van der Waals surface area contributed by atoms with Crippen molar-refractivity contribution in [2.45, 2.75) is 19.9 Å². The number of aromatic hydroxyl groups is 1. The van der Waals surface area contributed by atoms with Gasteiger partial charge in [0, 0.05) is 0 Å². The number of phenols is 1. The predicted octanol–water partition coefficient (Wildman–Crippen LogP) is 3.72. The summed E-state index contributed by atoms with van der Waals surface area (Å²) in [7, 11) is 1.43. The second-order valence-corrected chi connectivity index (χ2v) is 7.72.